The van der Waals surface area contributed by atoms with Gasteiger partial charge in [-0.3, -0.25) is 14.8 Å². The summed E-state index contributed by atoms with van der Waals surface area (Å²) < 4.78 is 1.63. The maximum Gasteiger partial charge on any atom is 0.266 e. The Bertz CT molecular complexity index is 1360. The fourth-order valence-corrected chi connectivity index (χ4v) is 5.18. The molecule has 0 radical (unpaired) electrons. The highest BCUT2D eigenvalue weighted by Crippen LogP contribution is 2.36. The van der Waals surface area contributed by atoms with Gasteiger partial charge >= 0.3 is 0 Å². The molecule has 11 heteroatoms. The van der Waals surface area contributed by atoms with Crippen molar-refractivity contribution < 1.29 is 4.79 Å². The molecular formula is C23H26N10O. The maximum atomic E-state index is 11.4. The molecule has 1 amide bonds. The molecule has 3 aromatic heterocycles. The van der Waals surface area contributed by atoms with Gasteiger partial charge in [0.25, 0.3) is 5.91 Å². The van der Waals surface area contributed by atoms with Gasteiger partial charge in [-0.1, -0.05) is 0 Å². The largest absolute Gasteiger partial charge is 0.366 e. The summed E-state index contributed by atoms with van der Waals surface area (Å²) >= 11 is 0. The number of likely N-dealkylation sites (tertiary alicyclic amines) is 1. The molecule has 34 heavy (non-hydrogen) atoms. The number of nitrogens with two attached hydrogens (primary N) is 1. The quantitative estimate of drug-likeness (QED) is 0.400. The van der Waals surface area contributed by atoms with Gasteiger partial charge in [0.2, 0.25) is 0 Å². The summed E-state index contributed by atoms with van der Waals surface area (Å²) in [5.74, 6) is -0.00486. The second kappa shape index (κ2) is 7.80. The van der Waals surface area contributed by atoms with E-state index in [2.05, 4.69) is 78.5 Å². The van der Waals surface area contributed by atoms with E-state index in [0.717, 1.165) is 18.8 Å². The van der Waals surface area contributed by atoms with E-state index in [4.69, 9.17) is 5.73 Å². The molecule has 2 fully saturated rings. The van der Waals surface area contributed by atoms with Crippen molar-refractivity contribution in [3.05, 3.63) is 48.5 Å². The Morgan fingerprint density at radius 1 is 1.18 bits per heavy atom. The van der Waals surface area contributed by atoms with E-state index in [9.17, 15) is 4.79 Å². The summed E-state index contributed by atoms with van der Waals surface area (Å²) in [6, 6.07) is 11.9. The number of primary amides is 1. The highest BCUT2D eigenvalue weighted by Gasteiger charge is 2.43. The SMILES string of the molecule is CC(C)N1C[C@H]2C[C@@H]1CN2c1ccc(Nc2ncc(-c3cc(C(N)=O)[nH]n3)n3ncnc23)cc1. The number of hydrogen-bond donors (Lipinski definition) is 3. The minimum Gasteiger partial charge on any atom is -0.366 e. The van der Waals surface area contributed by atoms with Gasteiger partial charge < -0.3 is 16.0 Å². The Morgan fingerprint density at radius 2 is 2.00 bits per heavy atom. The second-order valence-corrected chi connectivity index (χ2v) is 9.18. The second-order valence-electron chi connectivity index (χ2n) is 9.18. The van der Waals surface area contributed by atoms with Crippen molar-refractivity contribution in [3.8, 4) is 11.4 Å². The Balaban J connectivity index is 1.21. The third-order valence-corrected chi connectivity index (χ3v) is 6.82. The van der Waals surface area contributed by atoms with Crippen LogP contribution in [0.3, 0.4) is 0 Å². The number of rotatable bonds is 6. The van der Waals surface area contributed by atoms with Gasteiger partial charge in [0.05, 0.1) is 6.20 Å². The number of H-pyrrole nitrogens is 1. The van der Waals surface area contributed by atoms with Crippen LogP contribution in [-0.2, 0) is 0 Å². The lowest BCUT2D eigenvalue weighted by Gasteiger charge is -2.37. The van der Waals surface area contributed by atoms with Crippen LogP contribution in [0.25, 0.3) is 17.0 Å². The number of carbonyl (C=O) groups excluding carboxylic acids is 1. The lowest BCUT2D eigenvalue weighted by atomic mass is 10.2. The number of carbonyl (C=O) groups is 1. The molecule has 0 saturated carbocycles. The van der Waals surface area contributed by atoms with Crippen molar-refractivity contribution in [1.29, 1.82) is 0 Å². The molecular weight excluding hydrogens is 432 g/mol. The number of fused-ring (bicyclic) bond motifs is 3. The van der Waals surface area contributed by atoms with Gasteiger partial charge in [0.15, 0.2) is 11.5 Å². The Labute approximate surface area is 196 Å². The molecule has 11 nitrogen and oxygen atoms in total. The summed E-state index contributed by atoms with van der Waals surface area (Å²) in [5.41, 5.74) is 9.35. The van der Waals surface area contributed by atoms with E-state index in [0.29, 0.717) is 41.0 Å². The highest BCUT2D eigenvalue weighted by atomic mass is 16.1. The molecule has 2 atom stereocenters. The molecule has 4 aromatic rings. The first-order chi connectivity index (χ1) is 16.5. The normalized spacial score (nSPS) is 20.0. The van der Waals surface area contributed by atoms with Crippen molar-refractivity contribution in [1.82, 2.24) is 34.7 Å². The number of piperazine rings is 1. The van der Waals surface area contributed by atoms with Crippen molar-refractivity contribution in [2.24, 2.45) is 5.73 Å². The fourth-order valence-electron chi connectivity index (χ4n) is 5.18. The zero-order chi connectivity index (χ0) is 23.4. The summed E-state index contributed by atoms with van der Waals surface area (Å²) in [7, 11) is 0. The topological polar surface area (TPSA) is 133 Å². The van der Waals surface area contributed by atoms with Crippen LogP contribution in [0, 0.1) is 0 Å². The molecule has 174 valence electrons. The van der Waals surface area contributed by atoms with Crippen molar-refractivity contribution >= 4 is 28.7 Å². The lowest BCUT2D eigenvalue weighted by molar-refractivity contribution is 0.0995. The molecule has 0 aliphatic carbocycles. The number of aromatic nitrogens is 6. The lowest BCUT2D eigenvalue weighted by Crippen LogP contribution is -2.48. The molecule has 1 aromatic carbocycles. The van der Waals surface area contributed by atoms with E-state index in [1.165, 1.54) is 18.4 Å². The van der Waals surface area contributed by atoms with E-state index >= 15 is 0 Å². The summed E-state index contributed by atoms with van der Waals surface area (Å²) in [4.78, 5) is 25.4. The van der Waals surface area contributed by atoms with Crippen molar-refractivity contribution in [3.63, 3.8) is 0 Å². The maximum absolute atomic E-state index is 11.4. The number of nitrogens with one attached hydrogen (secondary N) is 2. The molecule has 2 aliphatic rings. The minimum absolute atomic E-state index is 0.216. The molecule has 0 unspecified atom stereocenters. The fraction of sp³-hybridized carbons (Fsp3) is 0.348. The van der Waals surface area contributed by atoms with Crippen LogP contribution in [0.4, 0.5) is 17.2 Å². The molecule has 6 rings (SSSR count). The van der Waals surface area contributed by atoms with E-state index in [1.807, 2.05) is 0 Å². The van der Waals surface area contributed by atoms with Gasteiger partial charge in [-0.05, 0) is 50.6 Å². The van der Waals surface area contributed by atoms with Gasteiger partial charge in [-0.2, -0.15) is 10.2 Å². The molecule has 0 spiro atoms. The minimum atomic E-state index is -0.581. The average molecular weight is 459 g/mol. The number of aromatic amines is 1. The van der Waals surface area contributed by atoms with E-state index in [1.54, 1.807) is 16.8 Å². The molecule has 2 saturated heterocycles. The highest BCUT2D eigenvalue weighted by molar-refractivity contribution is 5.91. The number of hydrogen-bond acceptors (Lipinski definition) is 8. The van der Waals surface area contributed by atoms with Crippen LogP contribution in [0.1, 0.15) is 30.8 Å². The third kappa shape index (κ3) is 3.36. The van der Waals surface area contributed by atoms with Gasteiger partial charge in [-0.15, -0.1) is 0 Å². The van der Waals surface area contributed by atoms with Gasteiger partial charge in [0, 0.05) is 42.6 Å². The first-order valence-electron chi connectivity index (χ1n) is 11.4. The van der Waals surface area contributed by atoms with E-state index < -0.39 is 5.91 Å². The Morgan fingerprint density at radius 3 is 2.68 bits per heavy atom. The zero-order valence-electron chi connectivity index (χ0n) is 19.0. The van der Waals surface area contributed by atoms with E-state index in [-0.39, 0.29) is 5.69 Å². The Hall–Kier alpha value is -3.99. The van der Waals surface area contributed by atoms with Crippen LogP contribution in [0.2, 0.25) is 0 Å². The predicted molar refractivity (Wildman–Crippen MR) is 128 cm³/mol. The summed E-state index contributed by atoms with van der Waals surface area (Å²) in [5, 5.41) is 14.4. The van der Waals surface area contributed by atoms with Gasteiger partial charge in [-0.25, -0.2) is 14.5 Å². The van der Waals surface area contributed by atoms with Crippen LogP contribution in [-0.4, -0.2) is 71.8 Å². The van der Waals surface area contributed by atoms with Crippen LogP contribution < -0.4 is 16.0 Å². The van der Waals surface area contributed by atoms with Crippen LogP contribution >= 0.6 is 0 Å². The predicted octanol–water partition coefficient (Wildman–Crippen LogP) is 2.03. The average Bonchev–Trinajstić information content (AvgIpc) is 3.63. The first-order valence-corrected chi connectivity index (χ1v) is 11.4. The molecule has 5 heterocycles. The number of benzene rings is 1. The van der Waals surface area contributed by atoms with Crippen molar-refractivity contribution in [2.75, 3.05) is 23.3 Å². The smallest absolute Gasteiger partial charge is 0.266 e. The monoisotopic (exact) mass is 458 g/mol. The first kappa shape index (κ1) is 20.6. The standard InChI is InChI=1S/C23H26N10O/c1-13(2)31-10-17-7-16(31)11-32(17)15-5-3-14(4-6-15)28-22-23-26-12-27-33(23)20(9-25-22)18-8-19(21(24)34)30-29-18/h3-6,8-9,12-13,16-17H,7,10-11H2,1-2H3,(H2,24,34)(H,25,28)(H,29,30)/t16-,17-/m1/s1. The van der Waals surface area contributed by atoms with Crippen LogP contribution in [0.15, 0.2) is 42.9 Å². The van der Waals surface area contributed by atoms with Gasteiger partial charge in [0.1, 0.15) is 23.4 Å². The Kier molecular flexibility index (Phi) is 4.73. The number of amides is 1. The molecule has 2 bridgehead atoms. The summed E-state index contributed by atoms with van der Waals surface area (Å²) in [6.07, 6.45) is 4.34. The zero-order valence-corrected chi connectivity index (χ0v) is 19.0. The molecule has 4 N–H and O–H groups in total. The number of nitrogens with zero attached hydrogens (tertiary/aromatic N) is 7. The number of anilines is 3. The summed E-state index contributed by atoms with van der Waals surface area (Å²) in [6.45, 7) is 6.79. The van der Waals surface area contributed by atoms with Crippen LogP contribution in [0.5, 0.6) is 0 Å². The third-order valence-electron chi connectivity index (χ3n) is 6.82. The molecule has 2 aliphatic heterocycles. The van der Waals surface area contributed by atoms with Crippen molar-refractivity contribution in [2.45, 2.75) is 38.4 Å².